The van der Waals surface area contributed by atoms with Crippen LogP contribution < -0.4 is 18.9 Å². The third-order valence-corrected chi connectivity index (χ3v) is 7.79. The van der Waals surface area contributed by atoms with Gasteiger partial charge in [0.25, 0.3) is 0 Å². The lowest BCUT2D eigenvalue weighted by atomic mass is 9.67. The number of fused-ring (bicyclic) bond motifs is 3. The van der Waals surface area contributed by atoms with Crippen molar-refractivity contribution < 1.29 is 28.4 Å². The third-order valence-electron chi connectivity index (χ3n) is 7.79. The smallest absolute Gasteiger partial charge is 0.127 e. The van der Waals surface area contributed by atoms with Gasteiger partial charge in [0.1, 0.15) is 48.4 Å². The first-order chi connectivity index (χ1) is 19.2. The molecular weight excluding hydrogens is 492 g/mol. The van der Waals surface area contributed by atoms with Crippen LogP contribution in [0.5, 0.6) is 23.0 Å². The summed E-state index contributed by atoms with van der Waals surface area (Å²) in [6.07, 6.45) is 0.225. The van der Waals surface area contributed by atoms with Gasteiger partial charge in [-0.25, -0.2) is 0 Å². The van der Waals surface area contributed by atoms with Crippen molar-refractivity contribution in [2.45, 2.75) is 17.6 Å². The monoisotopic (exact) mass is 522 g/mol. The molecule has 39 heavy (non-hydrogen) atoms. The zero-order chi connectivity index (χ0) is 26.4. The molecule has 0 radical (unpaired) electrons. The Morgan fingerprint density at radius 2 is 1.05 bits per heavy atom. The average Bonchev–Trinajstić information content (AvgIpc) is 3.93. The largest absolute Gasteiger partial charge is 0.497 e. The van der Waals surface area contributed by atoms with Gasteiger partial charge in [-0.3, -0.25) is 0 Å². The normalized spacial score (nSPS) is 19.5. The summed E-state index contributed by atoms with van der Waals surface area (Å²) in [5.74, 6) is 2.97. The lowest BCUT2D eigenvalue weighted by Gasteiger charge is -2.36. The zero-order valence-electron chi connectivity index (χ0n) is 22.0. The molecule has 6 nitrogen and oxygen atoms in total. The maximum absolute atomic E-state index is 6.50. The summed E-state index contributed by atoms with van der Waals surface area (Å²) in [6.45, 7) is 2.39. The number of hydrogen-bond acceptors (Lipinski definition) is 6. The van der Waals surface area contributed by atoms with Crippen LogP contribution in [0.3, 0.4) is 0 Å². The van der Waals surface area contributed by atoms with Gasteiger partial charge in [0.05, 0.1) is 32.8 Å². The topological polar surface area (TPSA) is 62.0 Å². The van der Waals surface area contributed by atoms with Gasteiger partial charge >= 0.3 is 0 Å². The summed E-state index contributed by atoms with van der Waals surface area (Å²) < 4.78 is 35.2. The van der Waals surface area contributed by atoms with E-state index in [4.69, 9.17) is 28.4 Å². The quantitative estimate of drug-likeness (QED) is 0.222. The molecule has 2 aliphatic heterocycles. The van der Waals surface area contributed by atoms with Crippen LogP contribution in [0, 0.1) is 0 Å². The number of benzene rings is 4. The minimum absolute atomic E-state index is 0.113. The molecule has 2 atom stereocenters. The van der Waals surface area contributed by atoms with Crippen LogP contribution in [-0.4, -0.2) is 52.9 Å². The zero-order valence-corrected chi connectivity index (χ0v) is 22.0. The van der Waals surface area contributed by atoms with Crippen LogP contribution in [0.1, 0.15) is 22.3 Å². The van der Waals surface area contributed by atoms with Crippen LogP contribution in [0.25, 0.3) is 11.1 Å². The molecule has 2 heterocycles. The van der Waals surface area contributed by atoms with E-state index in [0.29, 0.717) is 13.2 Å². The van der Waals surface area contributed by atoms with E-state index in [9.17, 15) is 0 Å². The fourth-order valence-electron chi connectivity index (χ4n) is 5.77. The van der Waals surface area contributed by atoms with Crippen molar-refractivity contribution in [1.82, 2.24) is 0 Å². The second-order valence-electron chi connectivity index (χ2n) is 10.1. The molecule has 0 aromatic heterocycles. The summed E-state index contributed by atoms with van der Waals surface area (Å²) in [5.41, 5.74) is 6.02. The summed E-state index contributed by atoms with van der Waals surface area (Å²) in [7, 11) is 3.35. The van der Waals surface area contributed by atoms with Crippen molar-refractivity contribution >= 4 is 0 Å². The Morgan fingerprint density at radius 1 is 0.615 bits per heavy atom. The molecule has 6 heteroatoms. The first-order valence-corrected chi connectivity index (χ1v) is 13.3. The number of hydrogen-bond donors (Lipinski definition) is 0. The van der Waals surface area contributed by atoms with E-state index in [-0.39, 0.29) is 12.2 Å². The third kappa shape index (κ3) is 4.11. The van der Waals surface area contributed by atoms with E-state index in [1.165, 1.54) is 22.3 Å². The molecule has 3 aliphatic rings. The Labute approximate surface area is 228 Å². The maximum atomic E-state index is 6.50. The summed E-state index contributed by atoms with van der Waals surface area (Å²) in [5, 5.41) is 0. The van der Waals surface area contributed by atoms with Crippen LogP contribution in [-0.2, 0) is 14.9 Å². The highest BCUT2D eigenvalue weighted by Gasteiger charge is 2.49. The SMILES string of the molecule is COc1ccc(C2(c3ccc(OC)cc3OCC3CO3)c3ccccc3-c3ccccc32)c(OCC2CO2)c1. The lowest BCUT2D eigenvalue weighted by Crippen LogP contribution is -2.30. The van der Waals surface area contributed by atoms with Crippen LogP contribution in [0.4, 0.5) is 0 Å². The molecule has 0 saturated carbocycles. The highest BCUT2D eigenvalue weighted by molar-refractivity contribution is 5.87. The van der Waals surface area contributed by atoms with E-state index in [1.807, 2.05) is 24.3 Å². The van der Waals surface area contributed by atoms with Crippen LogP contribution in [0.15, 0.2) is 84.9 Å². The van der Waals surface area contributed by atoms with E-state index >= 15 is 0 Å². The Bertz CT molecular complexity index is 1410. The Kier molecular flexibility index (Phi) is 5.94. The van der Waals surface area contributed by atoms with E-state index in [2.05, 4.69) is 60.7 Å². The fraction of sp³-hybridized carbons (Fsp3) is 0.273. The Morgan fingerprint density at radius 3 is 1.46 bits per heavy atom. The first-order valence-electron chi connectivity index (χ1n) is 13.3. The van der Waals surface area contributed by atoms with Crippen LogP contribution >= 0.6 is 0 Å². The standard InChI is InChI=1S/C33H30O6/c1-34-21-11-13-29(31(15-21)38-19-23-17-36-23)33(27-9-5-3-7-25(27)26-8-4-6-10-28(26)33)30-14-12-22(35-2)16-32(30)39-20-24-18-37-24/h3-16,23-24H,17-20H2,1-2H3. The molecule has 0 spiro atoms. The molecule has 0 amide bonds. The number of epoxide rings is 2. The molecule has 4 aromatic rings. The second-order valence-corrected chi connectivity index (χ2v) is 10.1. The summed E-state index contributed by atoms with van der Waals surface area (Å²) >= 11 is 0. The Hall–Kier alpha value is -4.00. The van der Waals surface area contributed by atoms with Crippen molar-refractivity contribution in [3.05, 3.63) is 107 Å². The fourth-order valence-corrected chi connectivity index (χ4v) is 5.77. The number of ether oxygens (including phenoxy) is 6. The average molecular weight is 523 g/mol. The highest BCUT2D eigenvalue weighted by atomic mass is 16.6. The van der Waals surface area contributed by atoms with Crippen molar-refractivity contribution in [3.8, 4) is 34.1 Å². The molecule has 7 rings (SSSR count). The molecule has 2 unspecified atom stereocenters. The molecular formula is C33H30O6. The van der Waals surface area contributed by atoms with E-state index in [0.717, 1.165) is 47.3 Å². The Balaban J connectivity index is 1.53. The van der Waals surface area contributed by atoms with Gasteiger partial charge in [-0.1, -0.05) is 60.7 Å². The van der Waals surface area contributed by atoms with Crippen molar-refractivity contribution in [2.24, 2.45) is 0 Å². The summed E-state index contributed by atoms with van der Waals surface area (Å²) in [4.78, 5) is 0. The van der Waals surface area contributed by atoms with Gasteiger partial charge in [0, 0.05) is 23.3 Å². The molecule has 0 bridgehead atoms. The molecule has 198 valence electrons. The van der Waals surface area contributed by atoms with Crippen molar-refractivity contribution in [1.29, 1.82) is 0 Å². The number of methoxy groups -OCH3 is 2. The van der Waals surface area contributed by atoms with Gasteiger partial charge in [0.15, 0.2) is 0 Å². The highest BCUT2D eigenvalue weighted by Crippen LogP contribution is 2.60. The minimum Gasteiger partial charge on any atom is -0.497 e. The van der Waals surface area contributed by atoms with Gasteiger partial charge < -0.3 is 28.4 Å². The predicted octanol–water partition coefficient (Wildman–Crippen LogP) is 5.62. The maximum Gasteiger partial charge on any atom is 0.127 e. The van der Waals surface area contributed by atoms with Gasteiger partial charge in [-0.15, -0.1) is 0 Å². The van der Waals surface area contributed by atoms with Crippen molar-refractivity contribution in [2.75, 3.05) is 40.6 Å². The second kappa shape index (κ2) is 9.63. The van der Waals surface area contributed by atoms with Gasteiger partial charge in [-0.2, -0.15) is 0 Å². The molecule has 4 aromatic carbocycles. The lowest BCUT2D eigenvalue weighted by molar-refractivity contribution is 0.255. The van der Waals surface area contributed by atoms with E-state index < -0.39 is 5.41 Å². The molecule has 2 fully saturated rings. The van der Waals surface area contributed by atoms with Gasteiger partial charge in [-0.05, 0) is 34.4 Å². The number of rotatable bonds is 10. The predicted molar refractivity (Wildman–Crippen MR) is 147 cm³/mol. The molecule has 1 aliphatic carbocycles. The molecule has 0 N–H and O–H groups in total. The summed E-state index contributed by atoms with van der Waals surface area (Å²) in [6, 6.07) is 29.4. The van der Waals surface area contributed by atoms with Crippen LogP contribution in [0.2, 0.25) is 0 Å². The first kappa shape index (κ1) is 24.1. The van der Waals surface area contributed by atoms with Gasteiger partial charge in [0.2, 0.25) is 0 Å². The molecule has 2 saturated heterocycles. The minimum atomic E-state index is -0.717. The van der Waals surface area contributed by atoms with Crippen molar-refractivity contribution in [3.63, 3.8) is 0 Å². The van der Waals surface area contributed by atoms with E-state index in [1.54, 1.807) is 14.2 Å².